The molecule has 35 heavy (non-hydrogen) atoms. The van der Waals surface area contributed by atoms with E-state index in [4.69, 9.17) is 28.6 Å². The molecule has 1 N–H and O–H groups in total. The van der Waals surface area contributed by atoms with Gasteiger partial charge in [-0.3, -0.25) is 4.98 Å². The minimum Gasteiger partial charge on any atom is -0.495 e. The largest absolute Gasteiger partial charge is 0.495 e. The van der Waals surface area contributed by atoms with Crippen LogP contribution in [-0.2, 0) is 0 Å². The summed E-state index contributed by atoms with van der Waals surface area (Å²) in [6.07, 6.45) is 1.77. The van der Waals surface area contributed by atoms with E-state index in [9.17, 15) is 4.39 Å². The highest BCUT2D eigenvalue weighted by atomic mass is 35.5. The zero-order valence-corrected chi connectivity index (χ0v) is 21.1. The van der Waals surface area contributed by atoms with Crippen molar-refractivity contribution in [3.05, 3.63) is 106 Å². The Balaban J connectivity index is 1.69. The van der Waals surface area contributed by atoms with Gasteiger partial charge in [0.15, 0.2) is 5.11 Å². The minimum atomic E-state index is -0.277. The third kappa shape index (κ3) is 4.05. The summed E-state index contributed by atoms with van der Waals surface area (Å²) in [5.41, 5.74) is 5.06. The molecule has 178 valence electrons. The van der Waals surface area contributed by atoms with Crippen LogP contribution >= 0.6 is 23.8 Å². The molecular formula is C27H24ClFN4OS. The van der Waals surface area contributed by atoms with E-state index < -0.39 is 0 Å². The zero-order chi connectivity index (χ0) is 24.7. The van der Waals surface area contributed by atoms with Crippen molar-refractivity contribution in [1.82, 2.24) is 14.9 Å². The van der Waals surface area contributed by atoms with Crippen LogP contribution < -0.4 is 15.0 Å². The van der Waals surface area contributed by atoms with Gasteiger partial charge in [0.2, 0.25) is 0 Å². The van der Waals surface area contributed by atoms with Crippen molar-refractivity contribution in [2.45, 2.75) is 25.9 Å². The Kier molecular flexibility index (Phi) is 6.21. The fourth-order valence-corrected chi connectivity index (χ4v) is 5.44. The topological polar surface area (TPSA) is 42.3 Å². The lowest BCUT2D eigenvalue weighted by molar-refractivity contribution is 0.415. The van der Waals surface area contributed by atoms with Gasteiger partial charge in [-0.2, -0.15) is 0 Å². The Morgan fingerprint density at radius 3 is 2.51 bits per heavy atom. The van der Waals surface area contributed by atoms with E-state index in [1.54, 1.807) is 25.4 Å². The van der Waals surface area contributed by atoms with Gasteiger partial charge in [0, 0.05) is 23.3 Å². The van der Waals surface area contributed by atoms with Crippen molar-refractivity contribution in [2.75, 3.05) is 12.0 Å². The first kappa shape index (κ1) is 23.3. The molecule has 0 amide bonds. The van der Waals surface area contributed by atoms with Gasteiger partial charge in [-0.05, 0) is 80.2 Å². The van der Waals surface area contributed by atoms with Crippen molar-refractivity contribution < 1.29 is 9.13 Å². The molecule has 0 aliphatic carbocycles. The monoisotopic (exact) mass is 506 g/mol. The van der Waals surface area contributed by atoms with Gasteiger partial charge >= 0.3 is 0 Å². The molecule has 5 rings (SSSR count). The number of hydrogen-bond acceptors (Lipinski definition) is 3. The second-order valence-corrected chi connectivity index (χ2v) is 9.22. The van der Waals surface area contributed by atoms with Crippen LogP contribution in [0.25, 0.3) is 5.69 Å². The van der Waals surface area contributed by atoms with Crippen LogP contribution in [0.15, 0.2) is 72.9 Å². The molecule has 0 radical (unpaired) electrons. The number of pyridine rings is 1. The molecule has 2 aromatic carbocycles. The second-order valence-electron chi connectivity index (χ2n) is 8.43. The first-order valence-corrected chi connectivity index (χ1v) is 12.0. The second kappa shape index (κ2) is 9.32. The predicted molar refractivity (Wildman–Crippen MR) is 141 cm³/mol. The van der Waals surface area contributed by atoms with Crippen LogP contribution in [-0.4, -0.2) is 21.8 Å². The molecule has 3 heterocycles. The number of ether oxygens (including phenoxy) is 1. The normalized spacial score (nSPS) is 17.5. The van der Waals surface area contributed by atoms with E-state index in [2.05, 4.69) is 16.4 Å². The lowest BCUT2D eigenvalue weighted by atomic mass is 9.96. The molecule has 0 saturated carbocycles. The third-order valence-electron chi connectivity index (χ3n) is 6.39. The summed E-state index contributed by atoms with van der Waals surface area (Å²) in [4.78, 5) is 6.66. The van der Waals surface area contributed by atoms with Crippen LogP contribution in [0.4, 0.5) is 10.1 Å². The standard InChI is InChI=1S/C27H24ClFN4OS/c1-16-14-19(17(2)32(16)23-10-5-4-8-21(23)29)26-25(22-9-6-7-13-30-22)31-27(35)33(26)18-11-12-24(34-3)20(28)15-18/h4-15,25-26H,1-3H3,(H,31,35)/t25-,26+/m0/s1. The molecular weight excluding hydrogens is 483 g/mol. The Labute approximate surface area is 214 Å². The van der Waals surface area contributed by atoms with E-state index >= 15 is 0 Å². The highest BCUT2D eigenvalue weighted by Gasteiger charge is 2.42. The minimum absolute atomic E-state index is 0.223. The number of aryl methyl sites for hydroxylation is 1. The molecule has 4 aromatic rings. The number of aromatic nitrogens is 2. The van der Waals surface area contributed by atoms with Gasteiger partial charge in [-0.1, -0.05) is 29.8 Å². The molecule has 0 bridgehead atoms. The number of hydrogen-bond donors (Lipinski definition) is 1. The maximum absolute atomic E-state index is 14.8. The van der Waals surface area contributed by atoms with Gasteiger partial charge in [-0.15, -0.1) is 0 Å². The average molecular weight is 507 g/mol. The van der Waals surface area contributed by atoms with Crippen LogP contribution in [0.2, 0.25) is 5.02 Å². The average Bonchev–Trinajstić information content (AvgIpc) is 3.35. The summed E-state index contributed by atoms with van der Waals surface area (Å²) in [5.74, 6) is 0.310. The fourth-order valence-electron chi connectivity index (χ4n) is 4.84. The van der Waals surface area contributed by atoms with E-state index in [0.717, 1.165) is 28.3 Å². The summed E-state index contributed by atoms with van der Waals surface area (Å²) >= 11 is 12.3. The molecule has 8 heteroatoms. The van der Waals surface area contributed by atoms with Gasteiger partial charge in [0.25, 0.3) is 0 Å². The number of nitrogens with zero attached hydrogens (tertiary/aromatic N) is 3. The van der Waals surface area contributed by atoms with E-state index in [0.29, 0.717) is 21.6 Å². The van der Waals surface area contributed by atoms with Crippen molar-refractivity contribution in [1.29, 1.82) is 0 Å². The fraction of sp³-hybridized carbons (Fsp3) is 0.185. The first-order chi connectivity index (χ1) is 16.9. The predicted octanol–water partition coefficient (Wildman–Crippen LogP) is 6.47. The lowest BCUT2D eigenvalue weighted by Gasteiger charge is -2.28. The van der Waals surface area contributed by atoms with Crippen LogP contribution in [0, 0.1) is 19.7 Å². The summed E-state index contributed by atoms with van der Waals surface area (Å²) in [7, 11) is 1.58. The van der Waals surface area contributed by atoms with Gasteiger partial charge in [-0.25, -0.2) is 4.39 Å². The summed E-state index contributed by atoms with van der Waals surface area (Å²) in [5, 5.41) is 4.51. The van der Waals surface area contributed by atoms with Crippen LogP contribution in [0.5, 0.6) is 5.75 Å². The Morgan fingerprint density at radius 1 is 1.06 bits per heavy atom. The summed E-state index contributed by atoms with van der Waals surface area (Å²) in [6.45, 7) is 3.98. The quantitative estimate of drug-likeness (QED) is 0.314. The van der Waals surface area contributed by atoms with Gasteiger partial charge < -0.3 is 19.5 Å². The Hall–Kier alpha value is -3.42. The lowest BCUT2D eigenvalue weighted by Crippen LogP contribution is -2.29. The number of thiocarbonyl (C=S) groups is 1. The maximum atomic E-state index is 14.8. The van der Waals surface area contributed by atoms with Crippen molar-refractivity contribution in [2.24, 2.45) is 0 Å². The maximum Gasteiger partial charge on any atom is 0.174 e. The number of methoxy groups -OCH3 is 1. The molecule has 0 spiro atoms. The molecule has 1 fully saturated rings. The molecule has 2 atom stereocenters. The summed E-state index contributed by atoms with van der Waals surface area (Å²) < 4.78 is 22.1. The number of halogens is 2. The number of anilines is 1. The first-order valence-electron chi connectivity index (χ1n) is 11.2. The zero-order valence-electron chi connectivity index (χ0n) is 19.5. The highest BCUT2D eigenvalue weighted by molar-refractivity contribution is 7.80. The van der Waals surface area contributed by atoms with E-state index in [-0.39, 0.29) is 17.9 Å². The summed E-state index contributed by atoms with van der Waals surface area (Å²) in [6, 6.07) is 19.9. The number of benzene rings is 2. The number of nitrogens with one attached hydrogen (secondary N) is 1. The molecule has 5 nitrogen and oxygen atoms in total. The van der Waals surface area contributed by atoms with Gasteiger partial charge in [0.05, 0.1) is 35.6 Å². The smallest absolute Gasteiger partial charge is 0.174 e. The van der Waals surface area contributed by atoms with Gasteiger partial charge in [0.1, 0.15) is 11.6 Å². The molecule has 0 unspecified atom stereocenters. The third-order valence-corrected chi connectivity index (χ3v) is 7.00. The molecule has 2 aromatic heterocycles. The Morgan fingerprint density at radius 2 is 1.83 bits per heavy atom. The SMILES string of the molecule is COc1ccc(N2C(=S)N[C@@H](c3ccccn3)[C@H]2c2cc(C)n(-c3ccccc3F)c2C)cc1Cl. The van der Waals surface area contributed by atoms with Crippen LogP contribution in [0.1, 0.15) is 34.7 Å². The molecule has 1 saturated heterocycles. The number of rotatable bonds is 5. The van der Waals surface area contributed by atoms with Crippen molar-refractivity contribution in [3.63, 3.8) is 0 Å². The van der Waals surface area contributed by atoms with Crippen molar-refractivity contribution >= 4 is 34.6 Å². The van der Waals surface area contributed by atoms with Crippen LogP contribution in [0.3, 0.4) is 0 Å². The van der Waals surface area contributed by atoms with Crippen molar-refractivity contribution in [3.8, 4) is 11.4 Å². The van der Waals surface area contributed by atoms with E-state index in [1.165, 1.54) is 6.07 Å². The molecule has 1 aliphatic heterocycles. The van der Waals surface area contributed by atoms with E-state index in [1.807, 2.05) is 65.8 Å². The number of para-hydroxylation sites is 1. The Bertz CT molecular complexity index is 1410. The highest BCUT2D eigenvalue weighted by Crippen LogP contribution is 2.45. The molecule has 1 aliphatic rings.